The minimum Gasteiger partial charge on any atom is -0.506 e. The number of benzene rings is 2. The molecule has 0 aromatic heterocycles. The van der Waals surface area contributed by atoms with Gasteiger partial charge in [-0.05, 0) is 12.1 Å². The maximum Gasteiger partial charge on any atom is 0.205 e. The van der Waals surface area contributed by atoms with Gasteiger partial charge >= 0.3 is 0 Å². The Bertz CT molecular complexity index is 843. The average Bonchev–Trinajstić information content (AvgIpc) is 2.49. The van der Waals surface area contributed by atoms with E-state index in [4.69, 9.17) is 22.1 Å². The number of nitriles is 1. The smallest absolute Gasteiger partial charge is 0.205 e. The lowest BCUT2D eigenvalue weighted by Gasteiger charge is -2.27. The van der Waals surface area contributed by atoms with Crippen molar-refractivity contribution >= 4 is 11.6 Å². The van der Waals surface area contributed by atoms with Crippen LogP contribution < -0.4 is 10.5 Å². The van der Waals surface area contributed by atoms with Crippen LogP contribution in [0.5, 0.6) is 11.5 Å². The van der Waals surface area contributed by atoms with E-state index in [1.54, 1.807) is 18.2 Å². The van der Waals surface area contributed by atoms with Gasteiger partial charge in [-0.15, -0.1) is 0 Å². The van der Waals surface area contributed by atoms with Crippen molar-refractivity contribution in [2.24, 2.45) is 5.73 Å². The number of hydrogen-bond donors (Lipinski definition) is 2. The second-order valence-electron chi connectivity index (χ2n) is 4.79. The highest BCUT2D eigenvalue weighted by Gasteiger charge is 2.33. The molecule has 0 radical (unpaired) electrons. The molecule has 3 rings (SSSR count). The summed E-state index contributed by atoms with van der Waals surface area (Å²) in [5, 5.41) is 19.1. The molecule has 4 nitrogen and oxygen atoms in total. The van der Waals surface area contributed by atoms with Crippen molar-refractivity contribution in [2.45, 2.75) is 5.92 Å². The van der Waals surface area contributed by atoms with Crippen molar-refractivity contribution in [1.82, 2.24) is 0 Å². The third-order valence-electron chi connectivity index (χ3n) is 3.50. The number of rotatable bonds is 1. The van der Waals surface area contributed by atoms with Crippen molar-refractivity contribution in [2.75, 3.05) is 0 Å². The molecule has 1 heterocycles. The van der Waals surface area contributed by atoms with Gasteiger partial charge in [-0.2, -0.15) is 5.26 Å². The molecule has 6 heteroatoms. The van der Waals surface area contributed by atoms with Gasteiger partial charge in [0, 0.05) is 17.2 Å². The molecule has 0 aliphatic carbocycles. The number of allylic oxidation sites excluding steroid dienone is 1. The molecule has 3 N–H and O–H groups in total. The molecule has 1 atom stereocenters. The van der Waals surface area contributed by atoms with Crippen molar-refractivity contribution in [3.05, 3.63) is 69.8 Å². The van der Waals surface area contributed by atoms with Gasteiger partial charge in [0.05, 0.1) is 10.9 Å². The summed E-state index contributed by atoms with van der Waals surface area (Å²) in [6.07, 6.45) is 0. The number of ether oxygens (including phenoxy) is 1. The highest BCUT2D eigenvalue weighted by Crippen LogP contribution is 2.45. The van der Waals surface area contributed by atoms with E-state index in [1.165, 1.54) is 18.2 Å². The summed E-state index contributed by atoms with van der Waals surface area (Å²) < 4.78 is 19.5. The minimum absolute atomic E-state index is 0.0847. The van der Waals surface area contributed by atoms with E-state index in [2.05, 4.69) is 0 Å². The molecule has 1 aliphatic rings. The van der Waals surface area contributed by atoms with Gasteiger partial charge in [-0.3, -0.25) is 0 Å². The van der Waals surface area contributed by atoms with E-state index in [0.717, 1.165) is 0 Å². The predicted molar refractivity (Wildman–Crippen MR) is 78.8 cm³/mol. The second-order valence-corrected chi connectivity index (χ2v) is 5.19. The Labute approximate surface area is 130 Å². The Morgan fingerprint density at radius 1 is 1.27 bits per heavy atom. The van der Waals surface area contributed by atoms with Gasteiger partial charge in [0.2, 0.25) is 5.88 Å². The Kier molecular flexibility index (Phi) is 3.39. The van der Waals surface area contributed by atoms with Gasteiger partial charge in [0.25, 0.3) is 0 Å². The zero-order valence-corrected chi connectivity index (χ0v) is 11.9. The molecule has 0 fully saturated rings. The van der Waals surface area contributed by atoms with E-state index >= 15 is 0 Å². The number of hydrogen-bond acceptors (Lipinski definition) is 4. The minimum atomic E-state index is -0.743. The number of nitrogens with two attached hydrogens (primary N) is 1. The molecule has 110 valence electrons. The molecule has 0 bridgehead atoms. The molecule has 1 aliphatic heterocycles. The first-order chi connectivity index (χ1) is 10.5. The average molecular weight is 317 g/mol. The van der Waals surface area contributed by atoms with Crippen LogP contribution in [0.3, 0.4) is 0 Å². The third kappa shape index (κ3) is 2.14. The molecule has 0 unspecified atom stereocenters. The highest BCUT2D eigenvalue weighted by molar-refractivity contribution is 6.32. The van der Waals surface area contributed by atoms with Crippen LogP contribution in [-0.2, 0) is 0 Å². The summed E-state index contributed by atoms with van der Waals surface area (Å²) >= 11 is 5.94. The van der Waals surface area contributed by atoms with Crippen LogP contribution in [0.15, 0.2) is 47.9 Å². The Morgan fingerprint density at radius 3 is 2.68 bits per heavy atom. The normalized spacial score (nSPS) is 16.7. The van der Waals surface area contributed by atoms with E-state index in [0.29, 0.717) is 5.56 Å². The van der Waals surface area contributed by atoms with Gasteiger partial charge in [0.15, 0.2) is 0 Å². The highest BCUT2D eigenvalue weighted by atomic mass is 35.5. The van der Waals surface area contributed by atoms with Crippen LogP contribution in [0, 0.1) is 17.1 Å². The van der Waals surface area contributed by atoms with Gasteiger partial charge in [-0.1, -0.05) is 29.8 Å². The molecule has 0 saturated carbocycles. The maximum atomic E-state index is 14.2. The lowest BCUT2D eigenvalue weighted by atomic mass is 9.83. The summed E-state index contributed by atoms with van der Waals surface area (Å²) in [4.78, 5) is 0. The zero-order chi connectivity index (χ0) is 15.9. The number of nitrogens with zero attached hydrogens (tertiary/aromatic N) is 1. The standard InChI is InChI=1S/C16H10ClFN2O2/c17-11-5-9-14(6-13(11)21)22-16(20)10(7-19)15(9)8-3-1-2-4-12(8)18/h1-6,15,21H,20H2/t15-/m1/s1. The number of aromatic hydroxyl groups is 1. The summed E-state index contributed by atoms with van der Waals surface area (Å²) in [7, 11) is 0. The first-order valence-electron chi connectivity index (χ1n) is 6.37. The van der Waals surface area contributed by atoms with Crippen LogP contribution in [0.25, 0.3) is 0 Å². The second kappa shape index (κ2) is 5.24. The first-order valence-corrected chi connectivity index (χ1v) is 6.75. The number of fused-ring (bicyclic) bond motifs is 1. The Morgan fingerprint density at radius 2 is 2.00 bits per heavy atom. The van der Waals surface area contributed by atoms with Crippen LogP contribution in [0.4, 0.5) is 4.39 Å². The first kappa shape index (κ1) is 14.2. The van der Waals surface area contributed by atoms with Gasteiger partial charge < -0.3 is 15.6 Å². The molecule has 0 saturated heterocycles. The fourth-order valence-corrected chi connectivity index (χ4v) is 2.67. The number of halogens is 2. The van der Waals surface area contributed by atoms with E-state index in [1.807, 2.05) is 6.07 Å². The van der Waals surface area contributed by atoms with Crippen LogP contribution in [0.2, 0.25) is 5.02 Å². The van der Waals surface area contributed by atoms with Crippen molar-refractivity contribution in [3.8, 4) is 17.6 Å². The number of phenolic OH excluding ortho intramolecular Hbond substituents is 1. The van der Waals surface area contributed by atoms with E-state index in [9.17, 15) is 14.8 Å². The monoisotopic (exact) mass is 316 g/mol. The lowest BCUT2D eigenvalue weighted by Crippen LogP contribution is -2.21. The van der Waals surface area contributed by atoms with Crippen molar-refractivity contribution < 1.29 is 14.2 Å². The van der Waals surface area contributed by atoms with Crippen LogP contribution in [0.1, 0.15) is 17.0 Å². The van der Waals surface area contributed by atoms with Gasteiger partial charge in [0.1, 0.15) is 29.0 Å². The third-order valence-corrected chi connectivity index (χ3v) is 3.80. The molecule has 22 heavy (non-hydrogen) atoms. The largest absolute Gasteiger partial charge is 0.506 e. The van der Waals surface area contributed by atoms with Crippen LogP contribution >= 0.6 is 11.6 Å². The summed E-state index contributed by atoms with van der Waals surface area (Å²) in [5.41, 5.74) is 6.62. The zero-order valence-electron chi connectivity index (χ0n) is 11.2. The van der Waals surface area contributed by atoms with Crippen molar-refractivity contribution in [3.63, 3.8) is 0 Å². The van der Waals surface area contributed by atoms with Crippen molar-refractivity contribution in [1.29, 1.82) is 5.26 Å². The quantitative estimate of drug-likeness (QED) is 0.845. The molecular weight excluding hydrogens is 307 g/mol. The molecule has 2 aromatic rings. The summed E-state index contributed by atoms with van der Waals surface area (Å²) in [5.74, 6) is -1.27. The molecule has 2 aromatic carbocycles. The van der Waals surface area contributed by atoms with Crippen LogP contribution in [-0.4, -0.2) is 5.11 Å². The fourth-order valence-electron chi connectivity index (χ4n) is 2.50. The Balaban J connectivity index is 2.30. The van der Waals surface area contributed by atoms with E-state index in [-0.39, 0.29) is 33.5 Å². The van der Waals surface area contributed by atoms with E-state index < -0.39 is 11.7 Å². The summed E-state index contributed by atoms with van der Waals surface area (Å²) in [6, 6.07) is 10.8. The van der Waals surface area contributed by atoms with Gasteiger partial charge in [-0.25, -0.2) is 4.39 Å². The predicted octanol–water partition coefficient (Wildman–Crippen LogP) is 3.40. The molecule has 0 spiro atoms. The topological polar surface area (TPSA) is 79.3 Å². The Hall–Kier alpha value is -2.71. The number of phenols is 1. The maximum absolute atomic E-state index is 14.2. The SMILES string of the molecule is N#CC1=C(N)Oc2cc(O)c(Cl)cc2[C@H]1c1ccccc1F. The molecular formula is C16H10ClFN2O2. The molecule has 0 amide bonds. The lowest BCUT2D eigenvalue weighted by molar-refractivity contribution is 0.387. The summed E-state index contributed by atoms with van der Waals surface area (Å²) in [6.45, 7) is 0. The fraction of sp³-hybridized carbons (Fsp3) is 0.0625.